The molecule has 0 radical (unpaired) electrons. The van der Waals surface area contributed by atoms with Crippen molar-refractivity contribution < 1.29 is 4.74 Å². The van der Waals surface area contributed by atoms with Crippen LogP contribution in [0.5, 0.6) is 0 Å². The zero-order valence-corrected chi connectivity index (χ0v) is 7.79. The van der Waals surface area contributed by atoms with Crippen LogP contribution < -0.4 is 0 Å². The molecule has 0 atom stereocenters. The van der Waals surface area contributed by atoms with Crippen molar-refractivity contribution in [3.8, 4) is 0 Å². The lowest BCUT2D eigenvalue weighted by atomic mass is 10.3. The van der Waals surface area contributed by atoms with Gasteiger partial charge >= 0.3 is 0 Å². The van der Waals surface area contributed by atoms with Gasteiger partial charge in [0.15, 0.2) is 0 Å². The highest BCUT2D eigenvalue weighted by atomic mass is 16.5. The number of rotatable bonds is 1. The average molecular weight is 168 g/mol. The maximum Gasteiger partial charge on any atom is 0.122 e. The van der Waals surface area contributed by atoms with E-state index in [2.05, 4.69) is 9.89 Å². The van der Waals surface area contributed by atoms with Gasteiger partial charge in [0, 0.05) is 20.1 Å². The van der Waals surface area contributed by atoms with Crippen molar-refractivity contribution in [3.63, 3.8) is 0 Å². The summed E-state index contributed by atoms with van der Waals surface area (Å²) in [6.07, 6.45) is 4.04. The molecule has 1 saturated heterocycles. The quantitative estimate of drug-likeness (QED) is 0.429. The second-order valence-electron chi connectivity index (χ2n) is 2.68. The molecule has 0 spiro atoms. The van der Waals surface area contributed by atoms with E-state index in [4.69, 9.17) is 4.74 Å². The van der Waals surface area contributed by atoms with Crippen LogP contribution in [0.25, 0.3) is 0 Å². The van der Waals surface area contributed by atoms with Crippen molar-refractivity contribution in [2.24, 2.45) is 4.99 Å². The second-order valence-corrected chi connectivity index (χ2v) is 2.68. The van der Waals surface area contributed by atoms with Crippen molar-refractivity contribution in [1.29, 1.82) is 0 Å². The summed E-state index contributed by atoms with van der Waals surface area (Å²) >= 11 is 0. The fourth-order valence-electron chi connectivity index (χ4n) is 1.26. The summed E-state index contributed by atoms with van der Waals surface area (Å²) in [7, 11) is 1.82. The Bertz CT molecular complexity index is 181. The number of nitrogens with zero attached hydrogens (tertiary/aromatic N) is 2. The highest BCUT2D eigenvalue weighted by molar-refractivity contribution is 5.92. The standard InChI is InChI=1S/C9H16N2O/c1-3-4-9(10-2)11-5-7-12-8-6-11/h3-4H,5-8H2,1-2H3/b4-3-,10-9?. The molecule has 0 amide bonds. The molecule has 68 valence electrons. The lowest BCUT2D eigenvalue weighted by molar-refractivity contribution is 0.0684. The smallest absolute Gasteiger partial charge is 0.122 e. The maximum atomic E-state index is 5.25. The van der Waals surface area contributed by atoms with Gasteiger partial charge in [-0.2, -0.15) is 0 Å². The van der Waals surface area contributed by atoms with Crippen LogP contribution in [-0.4, -0.2) is 44.1 Å². The molecular formula is C9H16N2O. The number of hydrogen-bond acceptors (Lipinski definition) is 2. The third-order valence-electron chi connectivity index (χ3n) is 1.88. The summed E-state index contributed by atoms with van der Waals surface area (Å²) < 4.78 is 5.25. The van der Waals surface area contributed by atoms with Crippen LogP contribution in [0.2, 0.25) is 0 Å². The summed E-state index contributed by atoms with van der Waals surface area (Å²) in [5.74, 6) is 1.06. The minimum absolute atomic E-state index is 0.816. The number of ether oxygens (including phenoxy) is 1. The van der Waals surface area contributed by atoms with Crippen LogP contribution in [0, 0.1) is 0 Å². The molecule has 1 rings (SSSR count). The Hall–Kier alpha value is -0.830. The summed E-state index contributed by atoms with van der Waals surface area (Å²) in [6, 6.07) is 0. The SMILES string of the molecule is C/C=C\C(=NC)N1CCOCC1. The zero-order valence-electron chi connectivity index (χ0n) is 7.79. The third-order valence-corrected chi connectivity index (χ3v) is 1.88. The van der Waals surface area contributed by atoms with Gasteiger partial charge in [0.1, 0.15) is 5.84 Å². The second kappa shape index (κ2) is 4.93. The Morgan fingerprint density at radius 3 is 2.58 bits per heavy atom. The highest BCUT2D eigenvalue weighted by Crippen LogP contribution is 1.99. The van der Waals surface area contributed by atoms with E-state index in [0.29, 0.717) is 0 Å². The molecular weight excluding hydrogens is 152 g/mol. The molecule has 1 fully saturated rings. The minimum atomic E-state index is 0.816. The van der Waals surface area contributed by atoms with Gasteiger partial charge in [-0.15, -0.1) is 0 Å². The van der Waals surface area contributed by atoms with Gasteiger partial charge in [0.2, 0.25) is 0 Å². The van der Waals surface area contributed by atoms with E-state index < -0.39 is 0 Å². The van der Waals surface area contributed by atoms with E-state index in [1.807, 2.05) is 26.1 Å². The number of hydrogen-bond donors (Lipinski definition) is 0. The van der Waals surface area contributed by atoms with Crippen molar-refractivity contribution >= 4 is 5.84 Å². The molecule has 0 aromatic carbocycles. The van der Waals surface area contributed by atoms with Gasteiger partial charge in [0.05, 0.1) is 13.2 Å². The van der Waals surface area contributed by atoms with E-state index in [1.165, 1.54) is 0 Å². The van der Waals surface area contributed by atoms with Gasteiger partial charge in [-0.1, -0.05) is 6.08 Å². The zero-order chi connectivity index (χ0) is 8.81. The topological polar surface area (TPSA) is 24.8 Å². The molecule has 0 aromatic rings. The summed E-state index contributed by atoms with van der Waals surface area (Å²) in [5.41, 5.74) is 0. The average Bonchev–Trinajstić information content (AvgIpc) is 2.15. The summed E-state index contributed by atoms with van der Waals surface area (Å²) in [5, 5.41) is 0. The largest absolute Gasteiger partial charge is 0.378 e. The molecule has 3 nitrogen and oxygen atoms in total. The molecule has 1 aliphatic rings. The number of allylic oxidation sites excluding steroid dienone is 1. The van der Waals surface area contributed by atoms with Crippen molar-refractivity contribution in [3.05, 3.63) is 12.2 Å². The fourth-order valence-corrected chi connectivity index (χ4v) is 1.26. The monoisotopic (exact) mass is 168 g/mol. The Balaban J connectivity index is 2.52. The molecule has 0 bridgehead atoms. The fraction of sp³-hybridized carbons (Fsp3) is 0.667. The van der Waals surface area contributed by atoms with Crippen LogP contribution in [0.3, 0.4) is 0 Å². The predicted octanol–water partition coefficient (Wildman–Crippen LogP) is 0.923. The van der Waals surface area contributed by atoms with Crippen molar-refractivity contribution in [2.45, 2.75) is 6.92 Å². The molecule has 12 heavy (non-hydrogen) atoms. The Kier molecular flexibility index (Phi) is 3.80. The molecule has 0 aliphatic carbocycles. The minimum Gasteiger partial charge on any atom is -0.378 e. The van der Waals surface area contributed by atoms with E-state index in [9.17, 15) is 0 Å². The first-order chi connectivity index (χ1) is 5.88. The first kappa shape index (κ1) is 9.26. The molecule has 0 aromatic heterocycles. The molecule has 0 N–H and O–H groups in total. The Labute approximate surface area is 73.7 Å². The first-order valence-corrected chi connectivity index (χ1v) is 4.30. The number of aliphatic imine (C=N–C) groups is 1. The van der Waals surface area contributed by atoms with Crippen LogP contribution in [0.15, 0.2) is 17.1 Å². The van der Waals surface area contributed by atoms with Gasteiger partial charge in [-0.25, -0.2) is 0 Å². The number of morpholine rings is 1. The Morgan fingerprint density at radius 2 is 2.08 bits per heavy atom. The number of amidine groups is 1. The third kappa shape index (κ3) is 2.34. The van der Waals surface area contributed by atoms with Gasteiger partial charge in [0.25, 0.3) is 0 Å². The Morgan fingerprint density at radius 1 is 1.42 bits per heavy atom. The first-order valence-electron chi connectivity index (χ1n) is 4.30. The van der Waals surface area contributed by atoms with Crippen molar-refractivity contribution in [2.75, 3.05) is 33.4 Å². The molecule has 0 unspecified atom stereocenters. The normalized spacial score (nSPS) is 20.5. The van der Waals surface area contributed by atoms with Gasteiger partial charge < -0.3 is 9.64 Å². The van der Waals surface area contributed by atoms with Gasteiger partial charge in [-0.3, -0.25) is 4.99 Å². The molecule has 0 saturated carbocycles. The molecule has 1 aliphatic heterocycles. The van der Waals surface area contributed by atoms with E-state index >= 15 is 0 Å². The van der Waals surface area contributed by atoms with E-state index in [-0.39, 0.29) is 0 Å². The lowest BCUT2D eigenvalue weighted by Gasteiger charge is -2.28. The maximum absolute atomic E-state index is 5.25. The summed E-state index contributed by atoms with van der Waals surface area (Å²) in [4.78, 5) is 6.44. The lowest BCUT2D eigenvalue weighted by Crippen LogP contribution is -2.39. The van der Waals surface area contributed by atoms with Crippen molar-refractivity contribution in [1.82, 2.24) is 4.90 Å². The van der Waals surface area contributed by atoms with E-state index in [0.717, 1.165) is 32.1 Å². The predicted molar refractivity (Wildman–Crippen MR) is 50.6 cm³/mol. The van der Waals surface area contributed by atoms with Crippen LogP contribution in [0.1, 0.15) is 6.92 Å². The van der Waals surface area contributed by atoms with Crippen LogP contribution >= 0.6 is 0 Å². The van der Waals surface area contributed by atoms with E-state index in [1.54, 1.807) is 0 Å². The summed E-state index contributed by atoms with van der Waals surface area (Å²) in [6.45, 7) is 5.55. The van der Waals surface area contributed by atoms with Crippen LogP contribution in [-0.2, 0) is 4.74 Å². The highest BCUT2D eigenvalue weighted by Gasteiger charge is 2.11. The van der Waals surface area contributed by atoms with Crippen LogP contribution in [0.4, 0.5) is 0 Å². The van der Waals surface area contributed by atoms with Gasteiger partial charge in [-0.05, 0) is 13.0 Å². The molecule has 3 heteroatoms. The molecule has 1 heterocycles.